The Bertz CT molecular complexity index is 462. The van der Waals surface area contributed by atoms with Crippen molar-refractivity contribution >= 4 is 5.97 Å². The van der Waals surface area contributed by atoms with E-state index >= 15 is 0 Å². The van der Waals surface area contributed by atoms with Crippen molar-refractivity contribution in [1.82, 2.24) is 9.80 Å². The largest absolute Gasteiger partial charge is 0.462 e. The third kappa shape index (κ3) is 5.11. The fourth-order valence-corrected chi connectivity index (χ4v) is 2.59. The third-order valence-corrected chi connectivity index (χ3v) is 4.06. The minimum atomic E-state index is -0.225. The maximum absolute atomic E-state index is 11.9. The van der Waals surface area contributed by atoms with Crippen LogP contribution in [-0.4, -0.2) is 55.1 Å². The van der Waals surface area contributed by atoms with E-state index < -0.39 is 0 Å². The molecular weight excluding hydrogens is 276 g/mol. The number of hydrogen-bond acceptors (Lipinski definition) is 4. The molecule has 0 atom stereocenters. The van der Waals surface area contributed by atoms with Crippen molar-refractivity contribution in [2.75, 3.05) is 39.3 Å². The second-order valence-electron chi connectivity index (χ2n) is 6.40. The minimum absolute atomic E-state index is 0.225. The zero-order valence-electron chi connectivity index (χ0n) is 14.0. The highest BCUT2D eigenvalue weighted by Crippen LogP contribution is 2.11. The van der Waals surface area contributed by atoms with Crippen molar-refractivity contribution < 1.29 is 9.53 Å². The van der Waals surface area contributed by atoms with Gasteiger partial charge in [-0.2, -0.15) is 0 Å². The van der Waals surface area contributed by atoms with Crippen LogP contribution in [0.25, 0.3) is 0 Å². The number of hydrogen-bond donors (Lipinski definition) is 0. The first-order valence-corrected chi connectivity index (χ1v) is 8.29. The number of piperazine rings is 1. The standard InChI is InChI=1S/C18H28N2O2/c1-4-19-9-11-20(12-10-19)13-16-5-7-17(8-6-16)18(21)22-14-15(2)3/h5-8,15H,4,9-14H2,1-3H3. The number of rotatable bonds is 6. The molecule has 0 aliphatic carbocycles. The van der Waals surface area contributed by atoms with Gasteiger partial charge < -0.3 is 9.64 Å². The molecule has 0 bridgehead atoms. The second kappa shape index (κ2) is 8.30. The zero-order chi connectivity index (χ0) is 15.9. The number of nitrogens with zero attached hydrogens (tertiary/aromatic N) is 2. The average molecular weight is 304 g/mol. The Balaban J connectivity index is 1.83. The summed E-state index contributed by atoms with van der Waals surface area (Å²) in [4.78, 5) is 16.8. The summed E-state index contributed by atoms with van der Waals surface area (Å²) in [5, 5.41) is 0. The van der Waals surface area contributed by atoms with Gasteiger partial charge in [0.1, 0.15) is 0 Å². The van der Waals surface area contributed by atoms with Crippen LogP contribution in [0.5, 0.6) is 0 Å². The fraction of sp³-hybridized carbons (Fsp3) is 0.611. The highest BCUT2D eigenvalue weighted by atomic mass is 16.5. The average Bonchev–Trinajstić information content (AvgIpc) is 2.54. The molecule has 122 valence electrons. The number of carbonyl (C=O) groups is 1. The fourth-order valence-electron chi connectivity index (χ4n) is 2.59. The molecule has 0 amide bonds. The van der Waals surface area contributed by atoms with Crippen LogP contribution in [-0.2, 0) is 11.3 Å². The van der Waals surface area contributed by atoms with Crippen LogP contribution in [0.15, 0.2) is 24.3 Å². The van der Waals surface area contributed by atoms with E-state index in [1.165, 1.54) is 5.56 Å². The van der Waals surface area contributed by atoms with Crippen LogP contribution >= 0.6 is 0 Å². The van der Waals surface area contributed by atoms with Gasteiger partial charge in [0, 0.05) is 32.7 Å². The van der Waals surface area contributed by atoms with Crippen molar-refractivity contribution in [3.8, 4) is 0 Å². The van der Waals surface area contributed by atoms with E-state index in [0.717, 1.165) is 39.3 Å². The van der Waals surface area contributed by atoms with Gasteiger partial charge in [-0.15, -0.1) is 0 Å². The Morgan fingerprint density at radius 2 is 1.68 bits per heavy atom. The number of esters is 1. The normalized spacial score (nSPS) is 16.9. The van der Waals surface area contributed by atoms with Gasteiger partial charge in [-0.25, -0.2) is 4.79 Å². The second-order valence-corrected chi connectivity index (χ2v) is 6.40. The third-order valence-electron chi connectivity index (χ3n) is 4.06. The van der Waals surface area contributed by atoms with Crippen LogP contribution in [0.3, 0.4) is 0 Å². The van der Waals surface area contributed by atoms with Gasteiger partial charge >= 0.3 is 5.97 Å². The number of ether oxygens (including phenoxy) is 1. The van der Waals surface area contributed by atoms with Gasteiger partial charge in [-0.3, -0.25) is 4.90 Å². The maximum atomic E-state index is 11.9. The van der Waals surface area contributed by atoms with E-state index in [1.807, 2.05) is 38.1 Å². The summed E-state index contributed by atoms with van der Waals surface area (Å²) in [5.74, 6) is 0.141. The number of benzene rings is 1. The Labute approximate surface area is 134 Å². The highest BCUT2D eigenvalue weighted by Gasteiger charge is 2.15. The van der Waals surface area contributed by atoms with E-state index in [0.29, 0.717) is 18.1 Å². The molecule has 0 spiro atoms. The summed E-state index contributed by atoms with van der Waals surface area (Å²) in [6.07, 6.45) is 0. The van der Waals surface area contributed by atoms with Gasteiger partial charge in [-0.05, 0) is 30.2 Å². The topological polar surface area (TPSA) is 32.8 Å². The van der Waals surface area contributed by atoms with E-state index in [1.54, 1.807) is 0 Å². The smallest absolute Gasteiger partial charge is 0.338 e. The summed E-state index contributed by atoms with van der Waals surface area (Å²) in [5.41, 5.74) is 1.89. The van der Waals surface area contributed by atoms with Gasteiger partial charge in [0.25, 0.3) is 0 Å². The molecule has 1 aliphatic rings. The summed E-state index contributed by atoms with van der Waals surface area (Å²) < 4.78 is 5.25. The molecule has 0 aromatic heterocycles. The Morgan fingerprint density at radius 1 is 1.09 bits per heavy atom. The van der Waals surface area contributed by atoms with Crippen molar-refractivity contribution in [1.29, 1.82) is 0 Å². The molecule has 0 radical (unpaired) electrons. The Morgan fingerprint density at radius 3 is 2.23 bits per heavy atom. The number of likely N-dealkylation sites (N-methyl/N-ethyl adjacent to an activating group) is 1. The van der Waals surface area contributed by atoms with Gasteiger partial charge in [0.15, 0.2) is 0 Å². The van der Waals surface area contributed by atoms with Crippen LogP contribution in [0.1, 0.15) is 36.7 Å². The lowest BCUT2D eigenvalue weighted by atomic mass is 10.1. The van der Waals surface area contributed by atoms with E-state index in [2.05, 4.69) is 16.7 Å². The van der Waals surface area contributed by atoms with E-state index in [4.69, 9.17) is 4.74 Å². The molecule has 1 aromatic rings. The molecule has 22 heavy (non-hydrogen) atoms. The lowest BCUT2D eigenvalue weighted by Crippen LogP contribution is -2.45. The summed E-state index contributed by atoms with van der Waals surface area (Å²) in [7, 11) is 0. The van der Waals surface area contributed by atoms with Crippen molar-refractivity contribution in [3.05, 3.63) is 35.4 Å². The predicted octanol–water partition coefficient (Wildman–Crippen LogP) is 2.64. The molecule has 2 rings (SSSR count). The van der Waals surface area contributed by atoms with Gasteiger partial charge in [0.2, 0.25) is 0 Å². The quantitative estimate of drug-likeness (QED) is 0.756. The molecular formula is C18H28N2O2. The first kappa shape index (κ1) is 17.0. The molecule has 1 heterocycles. The lowest BCUT2D eigenvalue weighted by Gasteiger charge is -2.34. The molecule has 1 fully saturated rings. The maximum Gasteiger partial charge on any atom is 0.338 e. The number of carbonyl (C=O) groups excluding carboxylic acids is 1. The van der Waals surface area contributed by atoms with Crippen LogP contribution < -0.4 is 0 Å². The van der Waals surface area contributed by atoms with Crippen molar-refractivity contribution in [2.24, 2.45) is 5.92 Å². The first-order valence-electron chi connectivity index (χ1n) is 8.29. The zero-order valence-corrected chi connectivity index (χ0v) is 14.0. The summed E-state index contributed by atoms with van der Waals surface area (Å²) in [6.45, 7) is 13.4. The lowest BCUT2D eigenvalue weighted by molar-refractivity contribution is 0.0459. The first-order chi connectivity index (χ1) is 10.6. The van der Waals surface area contributed by atoms with E-state index in [9.17, 15) is 4.79 Å². The molecule has 0 N–H and O–H groups in total. The Hall–Kier alpha value is -1.39. The van der Waals surface area contributed by atoms with Crippen molar-refractivity contribution in [3.63, 3.8) is 0 Å². The summed E-state index contributed by atoms with van der Waals surface area (Å²) >= 11 is 0. The Kier molecular flexibility index (Phi) is 6.40. The monoisotopic (exact) mass is 304 g/mol. The molecule has 1 aliphatic heterocycles. The van der Waals surface area contributed by atoms with Gasteiger partial charge in [-0.1, -0.05) is 32.9 Å². The summed E-state index contributed by atoms with van der Waals surface area (Å²) in [6, 6.07) is 7.83. The highest BCUT2D eigenvalue weighted by molar-refractivity contribution is 5.89. The van der Waals surface area contributed by atoms with Crippen molar-refractivity contribution in [2.45, 2.75) is 27.3 Å². The minimum Gasteiger partial charge on any atom is -0.462 e. The molecule has 4 heteroatoms. The van der Waals surface area contributed by atoms with Crippen LogP contribution in [0.2, 0.25) is 0 Å². The molecule has 1 saturated heterocycles. The van der Waals surface area contributed by atoms with Gasteiger partial charge in [0.05, 0.1) is 12.2 Å². The molecule has 0 saturated carbocycles. The van der Waals surface area contributed by atoms with E-state index in [-0.39, 0.29) is 5.97 Å². The SMILES string of the molecule is CCN1CCN(Cc2ccc(C(=O)OCC(C)C)cc2)CC1. The molecule has 0 unspecified atom stereocenters. The predicted molar refractivity (Wildman–Crippen MR) is 89.0 cm³/mol. The molecule has 1 aromatic carbocycles. The van der Waals surface area contributed by atoms with Crippen LogP contribution in [0.4, 0.5) is 0 Å². The van der Waals surface area contributed by atoms with Crippen LogP contribution in [0, 0.1) is 5.92 Å². The molecule has 4 nitrogen and oxygen atoms in total.